The lowest BCUT2D eigenvalue weighted by atomic mass is 10.1. The van der Waals surface area contributed by atoms with Crippen LogP contribution in [0.3, 0.4) is 0 Å². The summed E-state index contributed by atoms with van der Waals surface area (Å²) < 4.78 is 0. The summed E-state index contributed by atoms with van der Waals surface area (Å²) in [6, 6.07) is 16.5. The maximum Gasteiger partial charge on any atom is 0.227 e. The van der Waals surface area contributed by atoms with Crippen LogP contribution in [0.5, 0.6) is 5.75 Å². The van der Waals surface area contributed by atoms with Crippen molar-refractivity contribution < 1.29 is 5.11 Å². The Morgan fingerprint density at radius 2 is 1.81 bits per heavy atom. The Morgan fingerprint density at radius 1 is 1.00 bits per heavy atom. The fraction of sp³-hybridized carbons (Fsp3) is 0. The summed E-state index contributed by atoms with van der Waals surface area (Å²) in [5.74, 6) is 0.570. The molecule has 5 heteroatoms. The zero-order valence-electron chi connectivity index (χ0n) is 11.2. The molecule has 21 heavy (non-hydrogen) atoms. The molecule has 3 rings (SSSR count). The van der Waals surface area contributed by atoms with E-state index >= 15 is 0 Å². The highest BCUT2D eigenvalue weighted by atomic mass is 16.3. The largest absolute Gasteiger partial charge is 0.506 e. The molecular weight excluding hydrogens is 264 g/mol. The zero-order valence-corrected chi connectivity index (χ0v) is 11.2. The van der Waals surface area contributed by atoms with E-state index in [1.54, 1.807) is 30.5 Å². The summed E-state index contributed by atoms with van der Waals surface area (Å²) in [4.78, 5) is 8.65. The standard InChI is InChI=1S/C16H14N4O/c17-13-10-11(6-7-15(13)21)14-8-9-18-16(20-14)19-12-4-2-1-3-5-12/h1-10,21H,17H2,(H,18,19,20). The molecule has 3 aromatic rings. The number of aromatic nitrogens is 2. The van der Waals surface area contributed by atoms with Gasteiger partial charge in [0.25, 0.3) is 0 Å². The van der Waals surface area contributed by atoms with Gasteiger partial charge in [0.1, 0.15) is 5.75 Å². The summed E-state index contributed by atoms with van der Waals surface area (Å²) in [6.45, 7) is 0. The van der Waals surface area contributed by atoms with Crippen LogP contribution in [0.1, 0.15) is 0 Å². The van der Waals surface area contributed by atoms with Crippen LogP contribution >= 0.6 is 0 Å². The van der Waals surface area contributed by atoms with Crippen LogP contribution in [0, 0.1) is 0 Å². The Labute approximate surface area is 122 Å². The average molecular weight is 278 g/mol. The molecule has 0 atom stereocenters. The average Bonchev–Trinajstić information content (AvgIpc) is 2.51. The van der Waals surface area contributed by atoms with E-state index < -0.39 is 0 Å². The molecule has 0 saturated heterocycles. The number of benzene rings is 2. The minimum Gasteiger partial charge on any atom is -0.506 e. The quantitative estimate of drug-likeness (QED) is 0.506. The van der Waals surface area contributed by atoms with Gasteiger partial charge >= 0.3 is 0 Å². The van der Waals surface area contributed by atoms with Crippen LogP contribution in [0.25, 0.3) is 11.3 Å². The highest BCUT2D eigenvalue weighted by molar-refractivity contribution is 5.68. The van der Waals surface area contributed by atoms with Crippen LogP contribution < -0.4 is 11.1 Å². The summed E-state index contributed by atoms with van der Waals surface area (Å²) in [5, 5.41) is 12.6. The molecule has 0 aliphatic heterocycles. The maximum absolute atomic E-state index is 9.47. The molecule has 0 unspecified atom stereocenters. The number of rotatable bonds is 3. The fourth-order valence-corrected chi connectivity index (χ4v) is 1.94. The highest BCUT2D eigenvalue weighted by Crippen LogP contribution is 2.26. The smallest absolute Gasteiger partial charge is 0.227 e. The van der Waals surface area contributed by atoms with E-state index in [2.05, 4.69) is 15.3 Å². The molecule has 0 aliphatic rings. The van der Waals surface area contributed by atoms with E-state index in [1.165, 1.54) is 0 Å². The van der Waals surface area contributed by atoms with Crippen molar-refractivity contribution in [2.75, 3.05) is 11.1 Å². The van der Waals surface area contributed by atoms with Gasteiger partial charge in [0.15, 0.2) is 0 Å². The van der Waals surface area contributed by atoms with Gasteiger partial charge in [-0.05, 0) is 36.4 Å². The lowest BCUT2D eigenvalue weighted by Crippen LogP contribution is -1.97. The Morgan fingerprint density at radius 3 is 2.57 bits per heavy atom. The van der Waals surface area contributed by atoms with Crippen molar-refractivity contribution in [3.8, 4) is 17.0 Å². The predicted molar refractivity (Wildman–Crippen MR) is 83.3 cm³/mol. The van der Waals surface area contributed by atoms with Crippen molar-refractivity contribution in [2.45, 2.75) is 0 Å². The first-order valence-electron chi connectivity index (χ1n) is 6.46. The first kappa shape index (κ1) is 12.9. The van der Waals surface area contributed by atoms with E-state index in [0.29, 0.717) is 11.6 Å². The van der Waals surface area contributed by atoms with Gasteiger partial charge in [-0.1, -0.05) is 18.2 Å². The Balaban J connectivity index is 1.91. The van der Waals surface area contributed by atoms with Crippen LogP contribution in [0.4, 0.5) is 17.3 Å². The third-order valence-electron chi connectivity index (χ3n) is 3.01. The van der Waals surface area contributed by atoms with Gasteiger partial charge in [-0.2, -0.15) is 0 Å². The fourth-order valence-electron chi connectivity index (χ4n) is 1.94. The molecule has 0 saturated carbocycles. The summed E-state index contributed by atoms with van der Waals surface area (Å²) in [6.07, 6.45) is 1.68. The second-order valence-electron chi connectivity index (χ2n) is 4.53. The Bertz CT molecular complexity index is 759. The maximum atomic E-state index is 9.47. The summed E-state index contributed by atoms with van der Waals surface area (Å²) in [5.41, 5.74) is 8.50. The number of nitrogens with zero attached hydrogens (tertiary/aromatic N) is 2. The third kappa shape index (κ3) is 2.92. The molecule has 1 heterocycles. The molecular formula is C16H14N4O. The van der Waals surface area contributed by atoms with Gasteiger partial charge in [-0.25, -0.2) is 9.97 Å². The number of nitrogens with two attached hydrogens (primary N) is 1. The lowest BCUT2D eigenvalue weighted by molar-refractivity contribution is 0.478. The van der Waals surface area contributed by atoms with Gasteiger partial charge in [-0.3, -0.25) is 0 Å². The highest BCUT2D eigenvalue weighted by Gasteiger charge is 2.05. The topological polar surface area (TPSA) is 84.1 Å². The molecule has 104 valence electrons. The molecule has 0 amide bonds. The molecule has 0 bridgehead atoms. The van der Waals surface area contributed by atoms with Gasteiger partial charge in [0.05, 0.1) is 11.4 Å². The molecule has 0 fully saturated rings. The first-order chi connectivity index (χ1) is 10.2. The molecule has 0 radical (unpaired) electrons. The van der Waals surface area contributed by atoms with E-state index in [0.717, 1.165) is 16.9 Å². The summed E-state index contributed by atoms with van der Waals surface area (Å²) >= 11 is 0. The molecule has 4 N–H and O–H groups in total. The van der Waals surface area contributed by atoms with Gasteiger partial charge in [0.2, 0.25) is 5.95 Å². The second-order valence-corrected chi connectivity index (χ2v) is 4.53. The van der Waals surface area contributed by atoms with Crippen molar-refractivity contribution in [3.63, 3.8) is 0 Å². The predicted octanol–water partition coefficient (Wildman–Crippen LogP) is 3.18. The van der Waals surface area contributed by atoms with Crippen LogP contribution in [-0.4, -0.2) is 15.1 Å². The second kappa shape index (κ2) is 5.50. The zero-order chi connectivity index (χ0) is 14.7. The summed E-state index contributed by atoms with van der Waals surface area (Å²) in [7, 11) is 0. The number of phenols is 1. The Kier molecular flexibility index (Phi) is 3.39. The number of hydrogen-bond acceptors (Lipinski definition) is 5. The van der Waals surface area contributed by atoms with Crippen LogP contribution in [0.15, 0.2) is 60.8 Å². The van der Waals surface area contributed by atoms with Crippen molar-refractivity contribution in [2.24, 2.45) is 0 Å². The third-order valence-corrected chi connectivity index (χ3v) is 3.01. The van der Waals surface area contributed by atoms with Crippen molar-refractivity contribution in [1.29, 1.82) is 0 Å². The molecule has 5 nitrogen and oxygen atoms in total. The van der Waals surface area contributed by atoms with Crippen molar-refractivity contribution in [1.82, 2.24) is 9.97 Å². The van der Waals surface area contributed by atoms with Crippen molar-refractivity contribution in [3.05, 3.63) is 60.8 Å². The number of nitrogens with one attached hydrogen (secondary N) is 1. The molecule has 1 aromatic heterocycles. The van der Waals surface area contributed by atoms with E-state index in [9.17, 15) is 5.11 Å². The minimum atomic E-state index is 0.0652. The number of anilines is 3. The minimum absolute atomic E-state index is 0.0652. The monoisotopic (exact) mass is 278 g/mol. The van der Waals surface area contributed by atoms with E-state index in [1.807, 2.05) is 30.3 Å². The van der Waals surface area contributed by atoms with Crippen LogP contribution in [0.2, 0.25) is 0 Å². The number of aromatic hydroxyl groups is 1. The molecule has 2 aromatic carbocycles. The Hall–Kier alpha value is -3.08. The lowest BCUT2D eigenvalue weighted by Gasteiger charge is -2.07. The van der Waals surface area contributed by atoms with Gasteiger partial charge in [-0.15, -0.1) is 0 Å². The SMILES string of the molecule is Nc1cc(-c2ccnc(Nc3ccccc3)n2)ccc1O. The van der Waals surface area contributed by atoms with E-state index in [4.69, 9.17) is 5.73 Å². The van der Waals surface area contributed by atoms with Gasteiger partial charge < -0.3 is 16.2 Å². The van der Waals surface area contributed by atoms with E-state index in [-0.39, 0.29) is 5.75 Å². The number of nitrogen functional groups attached to an aromatic ring is 1. The molecule has 0 spiro atoms. The van der Waals surface area contributed by atoms with Crippen LogP contribution in [-0.2, 0) is 0 Å². The number of para-hydroxylation sites is 1. The van der Waals surface area contributed by atoms with Gasteiger partial charge in [0, 0.05) is 17.4 Å². The van der Waals surface area contributed by atoms with Crippen molar-refractivity contribution >= 4 is 17.3 Å². The number of phenolic OH excluding ortho intramolecular Hbond substituents is 1. The normalized spacial score (nSPS) is 10.3. The molecule has 0 aliphatic carbocycles. The number of hydrogen-bond donors (Lipinski definition) is 3. The first-order valence-corrected chi connectivity index (χ1v) is 6.46.